The molecule has 1 N–H and O–H groups in total. The third-order valence-electron chi connectivity index (χ3n) is 3.90. The number of methoxy groups -OCH3 is 2. The van der Waals surface area contributed by atoms with E-state index in [0.29, 0.717) is 30.4 Å². The van der Waals surface area contributed by atoms with Gasteiger partial charge in [0.2, 0.25) is 0 Å². The van der Waals surface area contributed by atoms with E-state index in [0.717, 1.165) is 17.7 Å². The summed E-state index contributed by atoms with van der Waals surface area (Å²) in [5.74, 6) is 2.50. The number of ether oxygens (including phenoxy) is 4. The molecule has 0 saturated carbocycles. The second-order valence-electron chi connectivity index (χ2n) is 5.99. The number of carbonyl (C=O) groups is 1. The van der Waals surface area contributed by atoms with E-state index in [4.69, 9.17) is 18.9 Å². The van der Waals surface area contributed by atoms with Gasteiger partial charge in [0.1, 0.15) is 11.5 Å². The lowest BCUT2D eigenvalue weighted by atomic mass is 10.2. The molecule has 0 aliphatic carbocycles. The first-order valence-electron chi connectivity index (χ1n) is 8.95. The quantitative estimate of drug-likeness (QED) is 0.690. The van der Waals surface area contributed by atoms with E-state index < -0.39 is 6.10 Å². The molecule has 1 amide bonds. The molecule has 2 aromatic rings. The van der Waals surface area contributed by atoms with Gasteiger partial charge >= 0.3 is 0 Å². The third kappa shape index (κ3) is 6.09. The molecule has 0 heterocycles. The summed E-state index contributed by atoms with van der Waals surface area (Å²) in [6, 6.07) is 12.7. The summed E-state index contributed by atoms with van der Waals surface area (Å²) < 4.78 is 21.8. The molecule has 0 radical (unpaired) electrons. The molecule has 0 aliphatic rings. The fourth-order valence-corrected chi connectivity index (χ4v) is 2.40. The number of carbonyl (C=O) groups excluding carboxylic acids is 1. The van der Waals surface area contributed by atoms with Crippen LogP contribution in [0.5, 0.6) is 23.0 Å². The molecular formula is C21H27NO5. The first kappa shape index (κ1) is 20.4. The van der Waals surface area contributed by atoms with Crippen LogP contribution in [0, 0.1) is 0 Å². The maximum absolute atomic E-state index is 12.3. The van der Waals surface area contributed by atoms with Gasteiger partial charge in [-0.15, -0.1) is 0 Å². The van der Waals surface area contributed by atoms with Crippen molar-refractivity contribution in [3.8, 4) is 23.0 Å². The largest absolute Gasteiger partial charge is 0.497 e. The molecule has 0 aliphatic heterocycles. The highest BCUT2D eigenvalue weighted by atomic mass is 16.5. The fraction of sp³-hybridized carbons (Fsp3) is 0.381. The zero-order chi connectivity index (χ0) is 19.6. The summed E-state index contributed by atoms with van der Waals surface area (Å²) in [5, 5.41) is 2.87. The van der Waals surface area contributed by atoms with Crippen molar-refractivity contribution in [3.05, 3.63) is 48.0 Å². The van der Waals surface area contributed by atoms with E-state index in [1.165, 1.54) is 0 Å². The second kappa shape index (κ2) is 10.3. The molecule has 0 fully saturated rings. The van der Waals surface area contributed by atoms with Gasteiger partial charge in [-0.1, -0.05) is 13.0 Å². The molecule has 6 nitrogen and oxygen atoms in total. The van der Waals surface area contributed by atoms with E-state index in [-0.39, 0.29) is 5.91 Å². The van der Waals surface area contributed by atoms with E-state index in [1.807, 2.05) is 25.1 Å². The highest BCUT2D eigenvalue weighted by molar-refractivity contribution is 5.80. The van der Waals surface area contributed by atoms with Crippen LogP contribution in [0.1, 0.15) is 25.8 Å². The molecule has 6 heteroatoms. The molecule has 2 aromatic carbocycles. The lowest BCUT2D eigenvalue weighted by Crippen LogP contribution is -2.35. The molecule has 0 saturated heterocycles. The van der Waals surface area contributed by atoms with Crippen LogP contribution in [0.25, 0.3) is 0 Å². The smallest absolute Gasteiger partial charge is 0.261 e. The van der Waals surface area contributed by atoms with E-state index >= 15 is 0 Å². The summed E-state index contributed by atoms with van der Waals surface area (Å²) in [5.41, 5.74) is 0.917. The van der Waals surface area contributed by atoms with Crippen LogP contribution in [0.3, 0.4) is 0 Å². The van der Waals surface area contributed by atoms with Gasteiger partial charge < -0.3 is 24.3 Å². The van der Waals surface area contributed by atoms with Crippen LogP contribution in [0.2, 0.25) is 0 Å². The number of hydrogen-bond donors (Lipinski definition) is 1. The topological polar surface area (TPSA) is 66.0 Å². The summed E-state index contributed by atoms with van der Waals surface area (Å²) >= 11 is 0. The van der Waals surface area contributed by atoms with Crippen molar-refractivity contribution < 1.29 is 23.7 Å². The van der Waals surface area contributed by atoms with Gasteiger partial charge in [0.25, 0.3) is 5.91 Å². The second-order valence-corrected chi connectivity index (χ2v) is 5.99. The minimum atomic E-state index is -0.618. The summed E-state index contributed by atoms with van der Waals surface area (Å²) in [7, 11) is 3.20. The Hall–Kier alpha value is -2.89. The van der Waals surface area contributed by atoms with E-state index in [2.05, 4.69) is 5.32 Å². The number of amides is 1. The standard InChI is InChI=1S/C21H27NO5/c1-5-12-26-19-11-6-16(13-20(19)25-4)14-22-21(23)15(2)27-18-9-7-17(24-3)8-10-18/h6-11,13,15H,5,12,14H2,1-4H3,(H,22,23). The molecule has 1 atom stereocenters. The predicted octanol–water partition coefficient (Wildman–Crippen LogP) is 3.58. The molecule has 0 aromatic heterocycles. The Bertz CT molecular complexity index is 730. The molecular weight excluding hydrogens is 346 g/mol. The highest BCUT2D eigenvalue weighted by Gasteiger charge is 2.15. The van der Waals surface area contributed by atoms with Crippen LogP contribution >= 0.6 is 0 Å². The van der Waals surface area contributed by atoms with Gasteiger partial charge in [-0.3, -0.25) is 4.79 Å². The minimum absolute atomic E-state index is 0.198. The zero-order valence-corrected chi connectivity index (χ0v) is 16.3. The normalized spacial score (nSPS) is 11.4. The molecule has 0 bridgehead atoms. The maximum Gasteiger partial charge on any atom is 0.261 e. The van der Waals surface area contributed by atoms with Crippen molar-refractivity contribution in [1.82, 2.24) is 5.32 Å². The van der Waals surface area contributed by atoms with Crippen LogP contribution in [0.15, 0.2) is 42.5 Å². The monoisotopic (exact) mass is 373 g/mol. The first-order chi connectivity index (χ1) is 13.1. The Morgan fingerprint density at radius 2 is 1.70 bits per heavy atom. The van der Waals surface area contributed by atoms with E-state index in [1.54, 1.807) is 45.4 Å². The Morgan fingerprint density at radius 1 is 1.00 bits per heavy atom. The molecule has 2 rings (SSSR count). The summed E-state index contributed by atoms with van der Waals surface area (Å²) in [6.45, 7) is 4.76. The third-order valence-corrected chi connectivity index (χ3v) is 3.90. The Morgan fingerprint density at radius 3 is 2.33 bits per heavy atom. The Balaban J connectivity index is 1.89. The summed E-state index contributed by atoms with van der Waals surface area (Å²) in [4.78, 5) is 12.3. The van der Waals surface area contributed by atoms with Crippen molar-refractivity contribution in [2.45, 2.75) is 32.9 Å². The average molecular weight is 373 g/mol. The lowest BCUT2D eigenvalue weighted by molar-refractivity contribution is -0.127. The number of nitrogens with one attached hydrogen (secondary N) is 1. The average Bonchev–Trinajstić information content (AvgIpc) is 2.71. The van der Waals surface area contributed by atoms with Crippen molar-refractivity contribution in [3.63, 3.8) is 0 Å². The highest BCUT2D eigenvalue weighted by Crippen LogP contribution is 2.28. The maximum atomic E-state index is 12.3. The Kier molecular flexibility index (Phi) is 7.79. The van der Waals surface area contributed by atoms with Crippen LogP contribution in [-0.4, -0.2) is 32.8 Å². The van der Waals surface area contributed by atoms with Gasteiger partial charge in [-0.25, -0.2) is 0 Å². The van der Waals surface area contributed by atoms with Gasteiger partial charge in [-0.05, 0) is 55.3 Å². The number of rotatable bonds is 10. The van der Waals surface area contributed by atoms with E-state index in [9.17, 15) is 4.79 Å². The Labute approximate surface area is 160 Å². The number of benzene rings is 2. The van der Waals surface area contributed by atoms with Crippen molar-refractivity contribution in [2.24, 2.45) is 0 Å². The molecule has 0 spiro atoms. The van der Waals surface area contributed by atoms with Crippen LogP contribution in [0.4, 0.5) is 0 Å². The van der Waals surface area contributed by atoms with Gasteiger partial charge in [0, 0.05) is 6.54 Å². The summed E-state index contributed by atoms with van der Waals surface area (Å²) in [6.07, 6.45) is 0.306. The minimum Gasteiger partial charge on any atom is -0.497 e. The van der Waals surface area contributed by atoms with Crippen LogP contribution in [-0.2, 0) is 11.3 Å². The molecule has 146 valence electrons. The van der Waals surface area contributed by atoms with Crippen LogP contribution < -0.4 is 24.3 Å². The molecule has 1 unspecified atom stereocenters. The van der Waals surface area contributed by atoms with Gasteiger partial charge in [0.15, 0.2) is 17.6 Å². The fourth-order valence-electron chi connectivity index (χ4n) is 2.40. The van der Waals surface area contributed by atoms with Gasteiger partial charge in [-0.2, -0.15) is 0 Å². The zero-order valence-electron chi connectivity index (χ0n) is 16.3. The number of hydrogen-bond acceptors (Lipinski definition) is 5. The first-order valence-corrected chi connectivity index (χ1v) is 8.95. The lowest BCUT2D eigenvalue weighted by Gasteiger charge is -2.16. The SMILES string of the molecule is CCCOc1ccc(CNC(=O)C(C)Oc2ccc(OC)cc2)cc1OC. The molecule has 27 heavy (non-hydrogen) atoms. The van der Waals surface area contributed by atoms with Gasteiger partial charge in [0.05, 0.1) is 20.8 Å². The van der Waals surface area contributed by atoms with Crippen molar-refractivity contribution in [1.29, 1.82) is 0 Å². The van der Waals surface area contributed by atoms with Crippen molar-refractivity contribution in [2.75, 3.05) is 20.8 Å². The predicted molar refractivity (Wildman–Crippen MR) is 104 cm³/mol. The van der Waals surface area contributed by atoms with Crippen molar-refractivity contribution >= 4 is 5.91 Å².